The van der Waals surface area contributed by atoms with Crippen molar-refractivity contribution in [2.75, 3.05) is 0 Å². The van der Waals surface area contributed by atoms with Crippen molar-refractivity contribution < 1.29 is 9.53 Å². The summed E-state index contributed by atoms with van der Waals surface area (Å²) in [4.78, 5) is 17.0. The highest BCUT2D eigenvalue weighted by Crippen LogP contribution is 2.40. The molecule has 128 valence electrons. The molecule has 1 aliphatic carbocycles. The third-order valence-electron chi connectivity index (χ3n) is 4.79. The fourth-order valence-electron chi connectivity index (χ4n) is 2.91. The van der Waals surface area contributed by atoms with Crippen LogP contribution in [0, 0.1) is 11.3 Å². The van der Waals surface area contributed by atoms with Crippen LogP contribution in [0.25, 0.3) is 10.2 Å². The summed E-state index contributed by atoms with van der Waals surface area (Å²) in [5.41, 5.74) is 2.10. The topological polar surface area (TPSA) is 51.2 Å². The first-order valence-corrected chi connectivity index (χ1v) is 9.24. The number of rotatable bonds is 5. The number of ether oxygens (including phenoxy) is 1. The Balaban J connectivity index is 1.67. The summed E-state index contributed by atoms with van der Waals surface area (Å²) >= 11 is 1.47. The summed E-state index contributed by atoms with van der Waals surface area (Å²) in [7, 11) is 0. The van der Waals surface area contributed by atoms with Crippen LogP contribution in [0.3, 0.4) is 0 Å². The van der Waals surface area contributed by atoms with Crippen LogP contribution in [0.15, 0.2) is 36.0 Å². The van der Waals surface area contributed by atoms with Crippen LogP contribution in [0.2, 0.25) is 0 Å². The fourth-order valence-corrected chi connectivity index (χ4v) is 3.77. The Morgan fingerprint density at radius 1 is 1.46 bits per heavy atom. The van der Waals surface area contributed by atoms with Crippen LogP contribution in [0.1, 0.15) is 40.5 Å². The van der Waals surface area contributed by atoms with Gasteiger partial charge in [0, 0.05) is 5.70 Å². The van der Waals surface area contributed by atoms with E-state index in [9.17, 15) is 4.79 Å². The van der Waals surface area contributed by atoms with Gasteiger partial charge >= 0.3 is 0 Å². The third-order valence-corrected chi connectivity index (χ3v) is 5.72. The molecule has 3 rings (SSSR count). The van der Waals surface area contributed by atoms with E-state index in [2.05, 4.69) is 37.1 Å². The van der Waals surface area contributed by atoms with Crippen LogP contribution in [-0.4, -0.2) is 17.0 Å². The van der Waals surface area contributed by atoms with Crippen molar-refractivity contribution in [3.05, 3.63) is 36.0 Å². The first kappa shape index (κ1) is 17.0. The minimum Gasteiger partial charge on any atom is -0.457 e. The molecule has 0 saturated carbocycles. The zero-order valence-corrected chi connectivity index (χ0v) is 15.4. The maximum Gasteiger partial charge on any atom is 0.275 e. The van der Waals surface area contributed by atoms with E-state index in [4.69, 9.17) is 4.74 Å². The monoisotopic (exact) mass is 344 g/mol. The lowest BCUT2D eigenvalue weighted by Crippen LogP contribution is -2.37. The number of nitrogens with one attached hydrogen (secondary N) is 1. The van der Waals surface area contributed by atoms with Gasteiger partial charge in [-0.1, -0.05) is 57.2 Å². The Labute approximate surface area is 146 Å². The van der Waals surface area contributed by atoms with Crippen molar-refractivity contribution in [3.8, 4) is 5.19 Å². The molecule has 0 bridgehead atoms. The largest absolute Gasteiger partial charge is 0.457 e. The van der Waals surface area contributed by atoms with E-state index in [0.717, 1.165) is 22.3 Å². The molecule has 4 nitrogen and oxygen atoms in total. The lowest BCUT2D eigenvalue weighted by atomic mass is 9.82. The molecule has 2 aromatic rings. The van der Waals surface area contributed by atoms with Gasteiger partial charge in [-0.3, -0.25) is 4.79 Å². The van der Waals surface area contributed by atoms with Crippen molar-refractivity contribution >= 4 is 27.5 Å². The standard InChI is InChI=1S/C19H24N2O2S/c1-5-15(17(22)20-13-10-12(2)19(3,4)11-13)23-18-21-14-8-6-7-9-16(14)24-18/h6-10,12,15H,5,11H2,1-4H3,(H,20,22). The number of fused-ring (bicyclic) bond motifs is 1. The second kappa shape index (κ2) is 6.55. The number of hydrogen-bond acceptors (Lipinski definition) is 4. The van der Waals surface area contributed by atoms with Crippen molar-refractivity contribution in [1.82, 2.24) is 10.3 Å². The van der Waals surface area contributed by atoms with Gasteiger partial charge in [-0.2, -0.15) is 0 Å². The Hall–Kier alpha value is -1.88. The van der Waals surface area contributed by atoms with E-state index in [1.165, 1.54) is 11.3 Å². The average molecular weight is 344 g/mol. The lowest BCUT2D eigenvalue weighted by Gasteiger charge is -2.23. The van der Waals surface area contributed by atoms with E-state index in [1.54, 1.807) is 0 Å². The van der Waals surface area contributed by atoms with Crippen LogP contribution >= 0.6 is 11.3 Å². The van der Waals surface area contributed by atoms with Gasteiger partial charge in [0.25, 0.3) is 11.1 Å². The zero-order valence-electron chi connectivity index (χ0n) is 14.6. The second-order valence-electron chi connectivity index (χ2n) is 7.10. The third kappa shape index (κ3) is 3.46. The summed E-state index contributed by atoms with van der Waals surface area (Å²) in [5.74, 6) is 0.367. The van der Waals surface area contributed by atoms with Crippen LogP contribution in [0.5, 0.6) is 5.19 Å². The van der Waals surface area contributed by atoms with Gasteiger partial charge in [0.1, 0.15) is 0 Å². The molecular formula is C19H24N2O2S. The average Bonchev–Trinajstić information content (AvgIpc) is 3.04. The van der Waals surface area contributed by atoms with Crippen LogP contribution in [0.4, 0.5) is 0 Å². The highest BCUT2D eigenvalue weighted by molar-refractivity contribution is 7.20. The Kier molecular flexibility index (Phi) is 4.63. The van der Waals surface area contributed by atoms with Crippen molar-refractivity contribution in [3.63, 3.8) is 0 Å². The van der Waals surface area contributed by atoms with Gasteiger partial charge < -0.3 is 10.1 Å². The van der Waals surface area contributed by atoms with Gasteiger partial charge in [-0.25, -0.2) is 4.98 Å². The summed E-state index contributed by atoms with van der Waals surface area (Å²) in [6, 6.07) is 7.88. The van der Waals surface area contributed by atoms with Crippen LogP contribution < -0.4 is 10.1 Å². The predicted octanol–water partition coefficient (Wildman–Crippen LogP) is 4.52. The molecule has 1 aliphatic rings. The van der Waals surface area contributed by atoms with Gasteiger partial charge in [0.05, 0.1) is 10.2 Å². The number of amides is 1. The number of carbonyl (C=O) groups is 1. The van der Waals surface area contributed by atoms with E-state index in [1.807, 2.05) is 31.2 Å². The molecule has 5 heteroatoms. The molecule has 0 aliphatic heterocycles. The molecule has 0 fully saturated rings. The van der Waals surface area contributed by atoms with Crippen LogP contribution in [-0.2, 0) is 4.79 Å². The SMILES string of the molecule is CCC(Oc1nc2ccccc2s1)C(=O)NC1=CC(C)C(C)(C)C1. The number of para-hydroxylation sites is 1. The minimum atomic E-state index is -0.523. The Morgan fingerprint density at radius 2 is 2.21 bits per heavy atom. The molecule has 24 heavy (non-hydrogen) atoms. The first-order chi connectivity index (χ1) is 11.4. The van der Waals surface area contributed by atoms with E-state index >= 15 is 0 Å². The number of carbonyl (C=O) groups excluding carboxylic acids is 1. The fraction of sp³-hybridized carbons (Fsp3) is 0.474. The number of nitrogens with zero attached hydrogens (tertiary/aromatic N) is 1. The Morgan fingerprint density at radius 3 is 2.83 bits per heavy atom. The van der Waals surface area contributed by atoms with E-state index < -0.39 is 6.10 Å². The van der Waals surface area contributed by atoms with E-state index in [0.29, 0.717) is 17.5 Å². The minimum absolute atomic E-state index is 0.0899. The molecule has 1 heterocycles. The molecule has 1 N–H and O–H groups in total. The quantitative estimate of drug-likeness (QED) is 0.867. The summed E-state index contributed by atoms with van der Waals surface area (Å²) in [5, 5.41) is 3.59. The lowest BCUT2D eigenvalue weighted by molar-refractivity contribution is -0.127. The second-order valence-corrected chi connectivity index (χ2v) is 8.09. The molecule has 2 atom stereocenters. The molecule has 2 unspecified atom stereocenters. The Bertz CT molecular complexity index is 746. The van der Waals surface area contributed by atoms with Crippen molar-refractivity contribution in [1.29, 1.82) is 0 Å². The number of benzene rings is 1. The molecular weight excluding hydrogens is 320 g/mol. The highest BCUT2D eigenvalue weighted by atomic mass is 32.1. The zero-order chi connectivity index (χ0) is 17.3. The van der Waals surface area contributed by atoms with Crippen molar-refractivity contribution in [2.24, 2.45) is 11.3 Å². The summed E-state index contributed by atoms with van der Waals surface area (Å²) in [6.45, 7) is 8.59. The van der Waals surface area contributed by atoms with Gasteiger partial charge in [0.15, 0.2) is 6.10 Å². The van der Waals surface area contributed by atoms with Gasteiger partial charge in [0.2, 0.25) is 0 Å². The highest BCUT2D eigenvalue weighted by Gasteiger charge is 2.33. The van der Waals surface area contributed by atoms with Gasteiger partial charge in [-0.05, 0) is 36.3 Å². The molecule has 0 spiro atoms. The van der Waals surface area contributed by atoms with Crippen molar-refractivity contribution in [2.45, 2.75) is 46.6 Å². The maximum atomic E-state index is 12.6. The van der Waals surface area contributed by atoms with E-state index in [-0.39, 0.29) is 11.3 Å². The normalized spacial score (nSPS) is 20.7. The number of aromatic nitrogens is 1. The molecule has 0 saturated heterocycles. The maximum absolute atomic E-state index is 12.6. The van der Waals surface area contributed by atoms with Gasteiger partial charge in [-0.15, -0.1) is 0 Å². The first-order valence-electron chi connectivity index (χ1n) is 8.43. The predicted molar refractivity (Wildman–Crippen MR) is 98.1 cm³/mol. The molecule has 0 radical (unpaired) electrons. The molecule has 1 amide bonds. The number of thiazole rings is 1. The smallest absolute Gasteiger partial charge is 0.275 e. The molecule has 1 aromatic heterocycles. The number of allylic oxidation sites excluding steroid dienone is 2. The summed E-state index contributed by atoms with van der Waals surface area (Å²) in [6.07, 6.45) is 3.12. The molecule has 1 aromatic carbocycles. The number of hydrogen-bond donors (Lipinski definition) is 1. The summed E-state index contributed by atoms with van der Waals surface area (Å²) < 4.78 is 6.93.